The van der Waals surface area contributed by atoms with Crippen molar-refractivity contribution in [3.8, 4) is 11.8 Å². The number of hydrogen-bond donors (Lipinski definition) is 0. The zero-order valence-electron chi connectivity index (χ0n) is 11.8. The standard InChI is InChI=1S/C15H17F3N2O/c1-20-7-2-3-12(20)6-8-21-13-4-5-14(15(16,17)18)11(9-13)10-19/h4-5,9,12H,2-3,6-8H2,1H3. The van der Waals surface area contributed by atoms with Gasteiger partial charge in [0.05, 0.1) is 23.8 Å². The van der Waals surface area contributed by atoms with Gasteiger partial charge in [0.1, 0.15) is 5.75 Å². The van der Waals surface area contributed by atoms with Crippen LogP contribution in [0.15, 0.2) is 18.2 Å². The Labute approximate surface area is 121 Å². The van der Waals surface area contributed by atoms with Crippen molar-refractivity contribution in [3.63, 3.8) is 0 Å². The van der Waals surface area contributed by atoms with E-state index in [9.17, 15) is 13.2 Å². The first-order valence-electron chi connectivity index (χ1n) is 6.86. The van der Waals surface area contributed by atoms with Crippen LogP contribution < -0.4 is 4.74 Å². The monoisotopic (exact) mass is 298 g/mol. The lowest BCUT2D eigenvalue weighted by Gasteiger charge is -2.19. The van der Waals surface area contributed by atoms with Crippen LogP contribution in [0.5, 0.6) is 5.75 Å². The molecule has 114 valence electrons. The van der Waals surface area contributed by atoms with Gasteiger partial charge in [-0.25, -0.2) is 0 Å². The third-order valence-corrected chi connectivity index (χ3v) is 3.81. The van der Waals surface area contributed by atoms with E-state index in [1.165, 1.54) is 12.5 Å². The van der Waals surface area contributed by atoms with Gasteiger partial charge in [-0.3, -0.25) is 0 Å². The van der Waals surface area contributed by atoms with Gasteiger partial charge in [-0.2, -0.15) is 18.4 Å². The van der Waals surface area contributed by atoms with Crippen molar-refractivity contribution < 1.29 is 17.9 Å². The molecule has 0 saturated carbocycles. The highest BCUT2D eigenvalue weighted by Crippen LogP contribution is 2.33. The topological polar surface area (TPSA) is 36.3 Å². The first kappa shape index (κ1) is 15.6. The fraction of sp³-hybridized carbons (Fsp3) is 0.533. The highest BCUT2D eigenvalue weighted by molar-refractivity contribution is 5.44. The molecule has 6 heteroatoms. The number of ether oxygens (including phenoxy) is 1. The van der Waals surface area contributed by atoms with Gasteiger partial charge < -0.3 is 9.64 Å². The predicted octanol–water partition coefficient (Wildman–Crippen LogP) is 3.44. The van der Waals surface area contributed by atoms with Gasteiger partial charge in [0.25, 0.3) is 0 Å². The van der Waals surface area contributed by atoms with Crippen LogP contribution >= 0.6 is 0 Å². The second kappa shape index (κ2) is 6.35. The second-order valence-electron chi connectivity index (χ2n) is 5.23. The Morgan fingerprint density at radius 1 is 1.43 bits per heavy atom. The lowest BCUT2D eigenvalue weighted by atomic mass is 10.1. The Hall–Kier alpha value is -1.74. The van der Waals surface area contributed by atoms with E-state index in [-0.39, 0.29) is 0 Å². The number of likely N-dealkylation sites (tertiary alicyclic amines) is 1. The maximum atomic E-state index is 12.7. The zero-order valence-corrected chi connectivity index (χ0v) is 11.8. The first-order valence-corrected chi connectivity index (χ1v) is 6.86. The van der Waals surface area contributed by atoms with Crippen LogP contribution in [0.1, 0.15) is 30.4 Å². The number of nitrogens with zero attached hydrogens (tertiary/aromatic N) is 2. The summed E-state index contributed by atoms with van der Waals surface area (Å²) < 4.78 is 43.5. The van der Waals surface area contributed by atoms with E-state index < -0.39 is 17.3 Å². The molecule has 0 aromatic heterocycles. The van der Waals surface area contributed by atoms with Gasteiger partial charge in [0.2, 0.25) is 0 Å². The molecule has 3 nitrogen and oxygen atoms in total. The van der Waals surface area contributed by atoms with Crippen molar-refractivity contribution in [2.45, 2.75) is 31.5 Å². The van der Waals surface area contributed by atoms with Crippen molar-refractivity contribution in [2.24, 2.45) is 0 Å². The number of nitriles is 1. The van der Waals surface area contributed by atoms with Crippen LogP contribution in [0.4, 0.5) is 13.2 Å². The summed E-state index contributed by atoms with van der Waals surface area (Å²) in [4.78, 5) is 2.26. The van der Waals surface area contributed by atoms with E-state index in [1.807, 2.05) is 0 Å². The molecular formula is C15H17F3N2O. The molecule has 0 aliphatic carbocycles. The van der Waals surface area contributed by atoms with E-state index in [4.69, 9.17) is 10.00 Å². The molecule has 1 aromatic rings. The van der Waals surface area contributed by atoms with Crippen molar-refractivity contribution in [1.82, 2.24) is 4.90 Å². The summed E-state index contributed by atoms with van der Waals surface area (Å²) >= 11 is 0. The van der Waals surface area contributed by atoms with Crippen LogP contribution in [0.2, 0.25) is 0 Å². The normalized spacial score (nSPS) is 19.5. The number of hydrogen-bond acceptors (Lipinski definition) is 3. The largest absolute Gasteiger partial charge is 0.493 e. The molecule has 0 radical (unpaired) electrons. The summed E-state index contributed by atoms with van der Waals surface area (Å²) in [5.74, 6) is 0.306. The van der Waals surface area contributed by atoms with Gasteiger partial charge in [0.15, 0.2) is 0 Å². The summed E-state index contributed by atoms with van der Waals surface area (Å²) in [5.41, 5.74) is -1.33. The Bertz CT molecular complexity index is 537. The smallest absolute Gasteiger partial charge is 0.417 e. The summed E-state index contributed by atoms with van der Waals surface area (Å²) in [6, 6.07) is 5.36. The minimum atomic E-state index is -4.52. The second-order valence-corrected chi connectivity index (χ2v) is 5.23. The highest BCUT2D eigenvalue weighted by Gasteiger charge is 2.33. The van der Waals surface area contributed by atoms with Gasteiger partial charge in [-0.05, 0) is 51.1 Å². The molecule has 0 amide bonds. The molecule has 0 spiro atoms. The van der Waals surface area contributed by atoms with Gasteiger partial charge >= 0.3 is 6.18 Å². The SMILES string of the molecule is CN1CCCC1CCOc1ccc(C(F)(F)F)c(C#N)c1. The van der Waals surface area contributed by atoms with E-state index in [0.29, 0.717) is 18.4 Å². The Kier molecular flexibility index (Phi) is 4.73. The highest BCUT2D eigenvalue weighted by atomic mass is 19.4. The van der Waals surface area contributed by atoms with Gasteiger partial charge in [-0.1, -0.05) is 0 Å². The molecule has 1 aliphatic heterocycles. The molecule has 1 aromatic carbocycles. The van der Waals surface area contributed by atoms with Crippen molar-refractivity contribution in [3.05, 3.63) is 29.3 Å². The molecule has 0 bridgehead atoms. The quantitative estimate of drug-likeness (QED) is 0.854. The molecule has 0 N–H and O–H groups in total. The minimum absolute atomic E-state index is 0.306. The molecular weight excluding hydrogens is 281 g/mol. The summed E-state index contributed by atoms with van der Waals surface area (Å²) in [5, 5.41) is 8.83. The first-order chi connectivity index (χ1) is 9.91. The number of halogens is 3. The fourth-order valence-corrected chi connectivity index (χ4v) is 2.61. The predicted molar refractivity (Wildman–Crippen MR) is 71.9 cm³/mol. The summed E-state index contributed by atoms with van der Waals surface area (Å²) in [7, 11) is 2.06. The number of alkyl halides is 3. The Balaban J connectivity index is 1.97. The molecule has 1 saturated heterocycles. The number of rotatable bonds is 4. The van der Waals surface area contributed by atoms with Gasteiger partial charge in [-0.15, -0.1) is 0 Å². The maximum Gasteiger partial charge on any atom is 0.417 e. The van der Waals surface area contributed by atoms with Crippen LogP contribution in [-0.2, 0) is 6.18 Å². The lowest BCUT2D eigenvalue weighted by Crippen LogP contribution is -2.26. The maximum absolute atomic E-state index is 12.7. The summed E-state index contributed by atoms with van der Waals surface area (Å²) in [6.45, 7) is 1.51. The van der Waals surface area contributed by atoms with Crippen molar-refractivity contribution in [2.75, 3.05) is 20.2 Å². The lowest BCUT2D eigenvalue weighted by molar-refractivity contribution is -0.137. The van der Waals surface area contributed by atoms with E-state index in [1.54, 1.807) is 6.07 Å². The average Bonchev–Trinajstić information content (AvgIpc) is 2.83. The van der Waals surface area contributed by atoms with E-state index in [0.717, 1.165) is 31.5 Å². The molecule has 1 unspecified atom stereocenters. The van der Waals surface area contributed by atoms with Crippen LogP contribution in [0.3, 0.4) is 0 Å². The minimum Gasteiger partial charge on any atom is -0.493 e. The van der Waals surface area contributed by atoms with Crippen molar-refractivity contribution >= 4 is 0 Å². The average molecular weight is 298 g/mol. The third kappa shape index (κ3) is 3.88. The van der Waals surface area contributed by atoms with E-state index in [2.05, 4.69) is 11.9 Å². The Morgan fingerprint density at radius 2 is 2.19 bits per heavy atom. The number of benzene rings is 1. The summed E-state index contributed by atoms with van der Waals surface area (Å²) in [6.07, 6.45) is -1.40. The molecule has 1 fully saturated rings. The fourth-order valence-electron chi connectivity index (χ4n) is 2.61. The van der Waals surface area contributed by atoms with Gasteiger partial charge in [0, 0.05) is 6.04 Å². The molecule has 1 aliphatic rings. The molecule has 21 heavy (non-hydrogen) atoms. The zero-order chi connectivity index (χ0) is 15.5. The molecule has 1 heterocycles. The molecule has 1 atom stereocenters. The van der Waals surface area contributed by atoms with Crippen molar-refractivity contribution in [1.29, 1.82) is 5.26 Å². The van der Waals surface area contributed by atoms with Crippen LogP contribution in [0.25, 0.3) is 0 Å². The van der Waals surface area contributed by atoms with Crippen LogP contribution in [-0.4, -0.2) is 31.1 Å². The van der Waals surface area contributed by atoms with Crippen LogP contribution in [0, 0.1) is 11.3 Å². The van der Waals surface area contributed by atoms with E-state index >= 15 is 0 Å². The molecule has 2 rings (SSSR count). The Morgan fingerprint density at radius 3 is 2.76 bits per heavy atom. The third-order valence-electron chi connectivity index (χ3n) is 3.81.